The van der Waals surface area contributed by atoms with Crippen LogP contribution in [0.5, 0.6) is 0 Å². The van der Waals surface area contributed by atoms with Crippen LogP contribution in [0.3, 0.4) is 0 Å². The van der Waals surface area contributed by atoms with Gasteiger partial charge in [-0.3, -0.25) is 4.98 Å². The number of aryl methyl sites for hydroxylation is 1. The Morgan fingerprint density at radius 1 is 1.09 bits per heavy atom. The standard InChI is InChI=1S/C17H18N4S/c1-9-6-10(4-5-18-9)15-19-13-7-11-12(8-14(13)20-15)21-16(22)17(11,2)3/h4-8,15,19-20H,1-3H3,(H,21,22). The minimum atomic E-state index is -0.118. The molecular weight excluding hydrogens is 292 g/mol. The average molecular weight is 310 g/mol. The van der Waals surface area contributed by atoms with Gasteiger partial charge in [0.15, 0.2) is 0 Å². The summed E-state index contributed by atoms with van der Waals surface area (Å²) in [4.78, 5) is 5.14. The Morgan fingerprint density at radius 2 is 1.82 bits per heavy atom. The van der Waals surface area contributed by atoms with Crippen molar-refractivity contribution in [1.82, 2.24) is 4.98 Å². The maximum Gasteiger partial charge on any atom is 0.123 e. The molecule has 3 heterocycles. The summed E-state index contributed by atoms with van der Waals surface area (Å²) in [5.74, 6) is 0. The minimum Gasteiger partial charge on any atom is -0.360 e. The molecule has 2 aliphatic heterocycles. The monoisotopic (exact) mass is 310 g/mol. The summed E-state index contributed by atoms with van der Waals surface area (Å²) in [5.41, 5.74) is 6.67. The molecule has 0 saturated heterocycles. The van der Waals surface area contributed by atoms with Crippen LogP contribution >= 0.6 is 12.2 Å². The highest BCUT2D eigenvalue weighted by atomic mass is 32.1. The highest BCUT2D eigenvalue weighted by Crippen LogP contribution is 2.45. The molecule has 3 N–H and O–H groups in total. The zero-order valence-electron chi connectivity index (χ0n) is 12.8. The fourth-order valence-corrected chi connectivity index (χ4v) is 3.34. The first-order valence-corrected chi connectivity index (χ1v) is 7.81. The van der Waals surface area contributed by atoms with Gasteiger partial charge in [0.2, 0.25) is 0 Å². The number of rotatable bonds is 1. The third-order valence-corrected chi connectivity index (χ3v) is 5.11. The summed E-state index contributed by atoms with van der Waals surface area (Å²) in [7, 11) is 0. The van der Waals surface area contributed by atoms with Crippen LogP contribution < -0.4 is 16.0 Å². The van der Waals surface area contributed by atoms with Crippen molar-refractivity contribution in [2.24, 2.45) is 0 Å². The molecule has 5 heteroatoms. The molecule has 22 heavy (non-hydrogen) atoms. The molecule has 2 aromatic rings. The van der Waals surface area contributed by atoms with Gasteiger partial charge in [0, 0.05) is 23.0 Å². The van der Waals surface area contributed by atoms with Crippen LogP contribution in [0.2, 0.25) is 0 Å². The Balaban J connectivity index is 1.71. The molecule has 1 unspecified atom stereocenters. The molecule has 2 aliphatic rings. The lowest BCUT2D eigenvalue weighted by Crippen LogP contribution is -2.25. The lowest BCUT2D eigenvalue weighted by Gasteiger charge is -2.18. The molecule has 0 aliphatic carbocycles. The van der Waals surface area contributed by atoms with E-state index in [2.05, 4.69) is 53.0 Å². The Labute approximate surface area is 135 Å². The quantitative estimate of drug-likeness (QED) is 0.696. The van der Waals surface area contributed by atoms with Gasteiger partial charge >= 0.3 is 0 Å². The molecule has 0 radical (unpaired) electrons. The first-order valence-electron chi connectivity index (χ1n) is 7.41. The zero-order valence-corrected chi connectivity index (χ0v) is 13.6. The predicted molar refractivity (Wildman–Crippen MR) is 94.6 cm³/mol. The van der Waals surface area contributed by atoms with E-state index < -0.39 is 0 Å². The summed E-state index contributed by atoms with van der Waals surface area (Å²) >= 11 is 5.46. The van der Waals surface area contributed by atoms with Crippen molar-refractivity contribution in [3.05, 3.63) is 47.3 Å². The molecule has 0 fully saturated rings. The molecular formula is C17H18N4S. The van der Waals surface area contributed by atoms with E-state index in [1.165, 1.54) is 11.1 Å². The van der Waals surface area contributed by atoms with Gasteiger partial charge in [0.25, 0.3) is 0 Å². The van der Waals surface area contributed by atoms with E-state index in [-0.39, 0.29) is 11.6 Å². The molecule has 1 aromatic heterocycles. The Kier molecular flexibility index (Phi) is 2.72. The second kappa shape index (κ2) is 4.43. The molecule has 0 bridgehead atoms. The van der Waals surface area contributed by atoms with Crippen LogP contribution in [0.1, 0.15) is 36.8 Å². The highest BCUT2D eigenvalue weighted by Gasteiger charge is 2.37. The van der Waals surface area contributed by atoms with Gasteiger partial charge in [-0.15, -0.1) is 0 Å². The third kappa shape index (κ3) is 1.89. The SMILES string of the molecule is Cc1cc(C2Nc3cc4c(cc3N2)C(C)(C)C(=S)N4)ccn1. The van der Waals surface area contributed by atoms with Gasteiger partial charge in [-0.2, -0.15) is 0 Å². The number of aromatic nitrogens is 1. The summed E-state index contributed by atoms with van der Waals surface area (Å²) in [6.45, 7) is 6.33. The molecule has 4 nitrogen and oxygen atoms in total. The van der Waals surface area contributed by atoms with E-state index in [1.807, 2.05) is 19.2 Å². The van der Waals surface area contributed by atoms with Crippen LogP contribution in [-0.4, -0.2) is 9.97 Å². The number of hydrogen-bond donors (Lipinski definition) is 3. The first kappa shape index (κ1) is 13.5. The number of thiocarbonyl (C=S) groups is 1. The fourth-order valence-electron chi connectivity index (χ4n) is 3.12. The minimum absolute atomic E-state index is 0.0780. The lowest BCUT2D eigenvalue weighted by molar-refractivity contribution is 0.748. The second-order valence-electron chi connectivity index (χ2n) is 6.47. The number of nitrogens with one attached hydrogen (secondary N) is 3. The topological polar surface area (TPSA) is 49.0 Å². The Hall–Kier alpha value is -2.14. The molecule has 0 saturated carbocycles. The summed E-state index contributed by atoms with van der Waals surface area (Å²) in [6.07, 6.45) is 1.93. The summed E-state index contributed by atoms with van der Waals surface area (Å²) < 4.78 is 0. The molecule has 112 valence electrons. The van der Waals surface area contributed by atoms with Crippen LogP contribution in [0.15, 0.2) is 30.5 Å². The number of pyridine rings is 1. The van der Waals surface area contributed by atoms with Crippen molar-refractivity contribution < 1.29 is 0 Å². The van der Waals surface area contributed by atoms with Crippen LogP contribution in [-0.2, 0) is 5.41 Å². The number of fused-ring (bicyclic) bond motifs is 2. The number of benzene rings is 1. The van der Waals surface area contributed by atoms with Gasteiger partial charge in [-0.25, -0.2) is 0 Å². The van der Waals surface area contributed by atoms with E-state index in [4.69, 9.17) is 12.2 Å². The highest BCUT2D eigenvalue weighted by molar-refractivity contribution is 7.80. The molecule has 4 rings (SSSR count). The van der Waals surface area contributed by atoms with Crippen molar-refractivity contribution in [3.8, 4) is 0 Å². The average Bonchev–Trinajstić information content (AvgIpc) is 2.97. The molecule has 0 spiro atoms. The van der Waals surface area contributed by atoms with E-state index >= 15 is 0 Å². The smallest absolute Gasteiger partial charge is 0.123 e. The Morgan fingerprint density at radius 3 is 2.55 bits per heavy atom. The first-order chi connectivity index (χ1) is 10.4. The molecule has 1 atom stereocenters. The number of hydrogen-bond acceptors (Lipinski definition) is 4. The van der Waals surface area contributed by atoms with Crippen LogP contribution in [0, 0.1) is 6.92 Å². The number of nitrogens with zero attached hydrogens (tertiary/aromatic N) is 1. The third-order valence-electron chi connectivity index (χ3n) is 4.50. The van der Waals surface area contributed by atoms with Gasteiger partial charge < -0.3 is 16.0 Å². The van der Waals surface area contributed by atoms with Gasteiger partial charge in [0.05, 0.1) is 16.4 Å². The summed E-state index contributed by atoms with van der Waals surface area (Å²) in [5, 5.41) is 10.4. The largest absolute Gasteiger partial charge is 0.360 e. The van der Waals surface area contributed by atoms with Crippen molar-refractivity contribution >= 4 is 34.3 Å². The van der Waals surface area contributed by atoms with E-state index in [0.29, 0.717) is 0 Å². The second-order valence-corrected chi connectivity index (χ2v) is 6.88. The Bertz CT molecular complexity index is 797. The van der Waals surface area contributed by atoms with Crippen molar-refractivity contribution in [2.75, 3.05) is 16.0 Å². The van der Waals surface area contributed by atoms with Gasteiger partial charge in [-0.05, 0) is 56.2 Å². The van der Waals surface area contributed by atoms with Gasteiger partial charge in [0.1, 0.15) is 6.17 Å². The normalized spacial score (nSPS) is 20.7. The van der Waals surface area contributed by atoms with E-state index in [9.17, 15) is 0 Å². The maximum atomic E-state index is 5.46. The molecule has 1 aromatic carbocycles. The zero-order chi connectivity index (χ0) is 15.5. The fraction of sp³-hybridized carbons (Fsp3) is 0.294. The van der Waals surface area contributed by atoms with Crippen molar-refractivity contribution in [1.29, 1.82) is 0 Å². The van der Waals surface area contributed by atoms with Gasteiger partial charge in [-0.1, -0.05) is 12.2 Å². The predicted octanol–water partition coefficient (Wildman–Crippen LogP) is 3.96. The number of anilines is 3. The molecule has 0 amide bonds. The van der Waals surface area contributed by atoms with Crippen molar-refractivity contribution in [2.45, 2.75) is 32.4 Å². The van der Waals surface area contributed by atoms with E-state index in [0.717, 1.165) is 27.7 Å². The van der Waals surface area contributed by atoms with Crippen molar-refractivity contribution in [3.63, 3.8) is 0 Å². The maximum absolute atomic E-state index is 5.46. The van der Waals surface area contributed by atoms with Crippen LogP contribution in [0.4, 0.5) is 17.1 Å². The lowest BCUT2D eigenvalue weighted by atomic mass is 9.86. The summed E-state index contributed by atoms with van der Waals surface area (Å²) in [6, 6.07) is 8.49. The van der Waals surface area contributed by atoms with E-state index in [1.54, 1.807) is 0 Å². The van der Waals surface area contributed by atoms with Crippen LogP contribution in [0.25, 0.3) is 0 Å².